The average molecular weight is 214 g/mol. The van der Waals surface area contributed by atoms with Gasteiger partial charge in [-0.05, 0) is 24.0 Å². The summed E-state index contributed by atoms with van der Waals surface area (Å²) in [6.45, 7) is 0.726. The summed E-state index contributed by atoms with van der Waals surface area (Å²) in [6.07, 6.45) is 9.24. The maximum atomic E-state index is 5.29. The molecular weight excluding hydrogens is 196 g/mol. The lowest BCUT2D eigenvalue weighted by Gasteiger charge is -2.12. The Morgan fingerprint density at radius 3 is 2.81 bits per heavy atom. The average Bonchev–Trinajstić information content (AvgIpc) is 2.83. The fourth-order valence-corrected chi connectivity index (χ4v) is 2.13. The number of hydrogen-bond acceptors (Lipinski definition) is 1. The number of hydrogen-bond donors (Lipinski definition) is 0. The highest BCUT2D eigenvalue weighted by molar-refractivity contribution is 5.54. The van der Waals surface area contributed by atoms with E-state index in [0.717, 1.165) is 6.61 Å². The van der Waals surface area contributed by atoms with Gasteiger partial charge < -0.3 is 4.74 Å². The van der Waals surface area contributed by atoms with E-state index in [4.69, 9.17) is 4.74 Å². The van der Waals surface area contributed by atoms with Crippen molar-refractivity contribution in [3.05, 3.63) is 53.6 Å². The third kappa shape index (κ3) is 2.83. The van der Waals surface area contributed by atoms with Crippen molar-refractivity contribution in [3.8, 4) is 0 Å². The molecule has 1 atom stereocenters. The van der Waals surface area contributed by atoms with E-state index < -0.39 is 0 Å². The van der Waals surface area contributed by atoms with Gasteiger partial charge in [-0.1, -0.05) is 48.6 Å². The van der Waals surface area contributed by atoms with E-state index in [1.807, 2.05) is 6.07 Å². The highest BCUT2D eigenvalue weighted by Gasteiger charge is 2.14. The fourth-order valence-electron chi connectivity index (χ4n) is 2.13. The quantitative estimate of drug-likeness (QED) is 0.695. The van der Waals surface area contributed by atoms with Gasteiger partial charge in [-0.25, -0.2) is 0 Å². The van der Waals surface area contributed by atoms with Gasteiger partial charge in [0, 0.05) is 13.0 Å². The van der Waals surface area contributed by atoms with Crippen molar-refractivity contribution in [2.45, 2.75) is 12.8 Å². The largest absolute Gasteiger partial charge is 0.380 e. The Hall–Kier alpha value is -1.34. The van der Waals surface area contributed by atoms with Crippen LogP contribution in [0.1, 0.15) is 18.4 Å². The summed E-state index contributed by atoms with van der Waals surface area (Å²) in [5, 5.41) is 0. The van der Waals surface area contributed by atoms with E-state index in [2.05, 4.69) is 42.5 Å². The van der Waals surface area contributed by atoms with Crippen LogP contribution in [0, 0.1) is 5.92 Å². The third-order valence-corrected chi connectivity index (χ3v) is 2.95. The van der Waals surface area contributed by atoms with Crippen molar-refractivity contribution in [3.63, 3.8) is 0 Å². The van der Waals surface area contributed by atoms with E-state index in [1.54, 1.807) is 7.11 Å². The molecule has 0 radical (unpaired) electrons. The van der Waals surface area contributed by atoms with Crippen molar-refractivity contribution >= 4 is 6.08 Å². The fraction of sp³-hybridized carbons (Fsp3) is 0.333. The standard InChI is InChI=1S/C15H18O/c1-16-12-15(14-9-5-6-10-14)11-13-7-3-2-4-8-13/h2-5,7-9,11,14H,6,10,12H2,1H3/b15-11+. The summed E-state index contributed by atoms with van der Waals surface area (Å²) in [5.41, 5.74) is 2.64. The number of allylic oxidation sites excluding steroid dienone is 2. The molecule has 0 N–H and O–H groups in total. The predicted octanol–water partition coefficient (Wildman–Crippen LogP) is 3.68. The van der Waals surface area contributed by atoms with Crippen molar-refractivity contribution in [2.24, 2.45) is 5.92 Å². The summed E-state index contributed by atoms with van der Waals surface area (Å²) in [5.74, 6) is 0.570. The van der Waals surface area contributed by atoms with E-state index in [1.165, 1.54) is 24.0 Å². The Balaban J connectivity index is 2.18. The highest BCUT2D eigenvalue weighted by atomic mass is 16.5. The van der Waals surface area contributed by atoms with E-state index in [9.17, 15) is 0 Å². The molecule has 0 saturated carbocycles. The third-order valence-electron chi connectivity index (χ3n) is 2.95. The second-order valence-corrected chi connectivity index (χ2v) is 4.17. The molecule has 2 rings (SSSR count). The number of rotatable bonds is 4. The van der Waals surface area contributed by atoms with Crippen LogP contribution in [0.2, 0.25) is 0 Å². The monoisotopic (exact) mass is 214 g/mol. The SMILES string of the molecule is COC/C(=C\c1ccccc1)C1C=CCC1. The first-order chi connectivity index (χ1) is 7.90. The Bertz CT molecular complexity index is 376. The van der Waals surface area contributed by atoms with Gasteiger partial charge in [0.25, 0.3) is 0 Å². The van der Waals surface area contributed by atoms with Gasteiger partial charge in [-0.3, -0.25) is 0 Å². The summed E-state index contributed by atoms with van der Waals surface area (Å²) >= 11 is 0. The molecule has 1 aromatic carbocycles. The van der Waals surface area contributed by atoms with Gasteiger partial charge in [0.05, 0.1) is 6.61 Å². The van der Waals surface area contributed by atoms with Gasteiger partial charge >= 0.3 is 0 Å². The van der Waals surface area contributed by atoms with Crippen LogP contribution in [0.15, 0.2) is 48.1 Å². The summed E-state index contributed by atoms with van der Waals surface area (Å²) in [4.78, 5) is 0. The number of ether oxygens (including phenoxy) is 1. The van der Waals surface area contributed by atoms with Crippen molar-refractivity contribution in [1.82, 2.24) is 0 Å². The molecule has 84 valence electrons. The Morgan fingerprint density at radius 1 is 1.38 bits per heavy atom. The minimum Gasteiger partial charge on any atom is -0.380 e. The van der Waals surface area contributed by atoms with E-state index in [-0.39, 0.29) is 0 Å². The Kier molecular flexibility index (Phi) is 3.95. The molecule has 16 heavy (non-hydrogen) atoms. The van der Waals surface area contributed by atoms with Gasteiger partial charge in [-0.2, -0.15) is 0 Å². The lowest BCUT2D eigenvalue weighted by atomic mass is 9.97. The van der Waals surface area contributed by atoms with Crippen molar-refractivity contribution in [1.29, 1.82) is 0 Å². The molecule has 0 bridgehead atoms. The minimum absolute atomic E-state index is 0.570. The molecule has 1 aromatic rings. The van der Waals surface area contributed by atoms with Crippen LogP contribution in [0.5, 0.6) is 0 Å². The van der Waals surface area contributed by atoms with Gasteiger partial charge in [0.15, 0.2) is 0 Å². The molecule has 0 fully saturated rings. The molecule has 1 aliphatic rings. The zero-order chi connectivity index (χ0) is 11.2. The Morgan fingerprint density at radius 2 is 2.19 bits per heavy atom. The zero-order valence-corrected chi connectivity index (χ0v) is 9.73. The molecule has 1 heteroatoms. The van der Waals surface area contributed by atoms with Gasteiger partial charge in [0.2, 0.25) is 0 Å². The van der Waals surface area contributed by atoms with Crippen LogP contribution in [0.3, 0.4) is 0 Å². The second kappa shape index (κ2) is 5.66. The smallest absolute Gasteiger partial charge is 0.0682 e. The molecule has 0 aliphatic heterocycles. The zero-order valence-electron chi connectivity index (χ0n) is 9.73. The molecule has 1 nitrogen and oxygen atoms in total. The van der Waals surface area contributed by atoms with Gasteiger partial charge in [-0.15, -0.1) is 0 Å². The summed E-state index contributed by atoms with van der Waals surface area (Å²) in [7, 11) is 1.76. The van der Waals surface area contributed by atoms with Crippen molar-refractivity contribution < 1.29 is 4.74 Å². The number of benzene rings is 1. The molecular formula is C15H18O. The maximum Gasteiger partial charge on any atom is 0.0682 e. The van der Waals surface area contributed by atoms with Crippen LogP contribution in [-0.2, 0) is 4.74 Å². The first-order valence-electron chi connectivity index (χ1n) is 5.81. The normalized spacial score (nSPS) is 20.3. The van der Waals surface area contributed by atoms with Crippen LogP contribution in [0.25, 0.3) is 6.08 Å². The molecule has 1 aliphatic carbocycles. The van der Waals surface area contributed by atoms with Crippen molar-refractivity contribution in [2.75, 3.05) is 13.7 Å². The second-order valence-electron chi connectivity index (χ2n) is 4.17. The summed E-state index contributed by atoms with van der Waals surface area (Å²) in [6, 6.07) is 10.5. The van der Waals surface area contributed by atoms with Crippen LogP contribution < -0.4 is 0 Å². The molecule has 0 heterocycles. The predicted molar refractivity (Wildman–Crippen MR) is 68.2 cm³/mol. The lowest BCUT2D eigenvalue weighted by molar-refractivity contribution is 0.220. The number of methoxy groups -OCH3 is 1. The van der Waals surface area contributed by atoms with E-state index >= 15 is 0 Å². The van der Waals surface area contributed by atoms with E-state index in [0.29, 0.717) is 5.92 Å². The molecule has 1 unspecified atom stereocenters. The van der Waals surface area contributed by atoms with Crippen LogP contribution in [-0.4, -0.2) is 13.7 Å². The molecule has 0 amide bonds. The highest BCUT2D eigenvalue weighted by Crippen LogP contribution is 2.26. The van der Waals surface area contributed by atoms with Crippen LogP contribution >= 0.6 is 0 Å². The minimum atomic E-state index is 0.570. The first-order valence-corrected chi connectivity index (χ1v) is 5.81. The topological polar surface area (TPSA) is 9.23 Å². The molecule has 0 aromatic heterocycles. The summed E-state index contributed by atoms with van der Waals surface area (Å²) < 4.78 is 5.29. The Labute approximate surface area is 97.4 Å². The first kappa shape index (κ1) is 11.2. The molecule has 0 saturated heterocycles. The van der Waals surface area contributed by atoms with Gasteiger partial charge in [0.1, 0.15) is 0 Å². The molecule has 0 spiro atoms. The lowest BCUT2D eigenvalue weighted by Crippen LogP contribution is -2.04. The maximum absolute atomic E-state index is 5.29. The van der Waals surface area contributed by atoms with Crippen LogP contribution in [0.4, 0.5) is 0 Å².